The molecule has 0 spiro atoms. The monoisotopic (exact) mass is 853 g/mol. The molecule has 6 aromatic carbocycles. The summed E-state index contributed by atoms with van der Waals surface area (Å²) in [6, 6.07) is 34.8. The fourth-order valence-corrected chi connectivity index (χ4v) is 8.92. The molecule has 322 valence electrons. The molecule has 1 amide bonds. The SMILES string of the molecule is C=C(C)C(=O)OCCNC(=O)CCOc1ccc(C2(c3ccccc3)C=Cc3c4c(c5cc(OC)c(OC)cc5c3O2)-c2ccccc2C4(C)Cc2ccccc2C(F)(F)F)cc1. The van der Waals surface area contributed by atoms with E-state index in [4.69, 9.17) is 23.7 Å². The predicted molar refractivity (Wildman–Crippen MR) is 236 cm³/mol. The summed E-state index contributed by atoms with van der Waals surface area (Å²) in [6.45, 7) is 7.43. The average Bonchev–Trinajstić information content (AvgIpc) is 3.55. The van der Waals surface area contributed by atoms with Gasteiger partial charge in [-0.2, -0.15) is 13.2 Å². The smallest absolute Gasteiger partial charge is 0.416 e. The van der Waals surface area contributed by atoms with Crippen molar-refractivity contribution in [1.82, 2.24) is 5.32 Å². The Kier molecular flexibility index (Phi) is 11.5. The van der Waals surface area contributed by atoms with Crippen molar-refractivity contribution in [2.75, 3.05) is 34.0 Å². The third-order valence-electron chi connectivity index (χ3n) is 11.8. The first-order chi connectivity index (χ1) is 30.3. The standard InChI is InChI=1S/C52H46F3NO7/c1-32(2)49(58)62-28-26-56-45(57)24-27-61-36-21-19-35(20-22-36)51(34-14-7-6-8-15-34)25-23-38-47-46(39-29-43(59-4)44(60-5)30-40(39)48(38)63-51)37-16-10-12-18-42(37)50(47,3)31-33-13-9-11-17-41(33)52(53,54)55/h6-23,25,29-30H,1,24,26-28,31H2,2-5H3,(H,56,57). The van der Waals surface area contributed by atoms with Crippen LogP contribution < -0.4 is 24.3 Å². The fourth-order valence-electron chi connectivity index (χ4n) is 8.92. The van der Waals surface area contributed by atoms with Crippen molar-refractivity contribution in [3.05, 3.63) is 172 Å². The third-order valence-corrected chi connectivity index (χ3v) is 11.8. The van der Waals surface area contributed by atoms with E-state index in [0.29, 0.717) is 23.0 Å². The number of nitrogens with one attached hydrogen (secondary N) is 1. The minimum absolute atomic E-state index is 0.0351. The summed E-state index contributed by atoms with van der Waals surface area (Å²) < 4.78 is 73.9. The summed E-state index contributed by atoms with van der Waals surface area (Å²) in [5.74, 6) is 1.30. The highest BCUT2D eigenvalue weighted by atomic mass is 19.4. The molecule has 0 fully saturated rings. The number of carbonyl (C=O) groups is 2. The molecule has 1 heterocycles. The van der Waals surface area contributed by atoms with Crippen LogP contribution in [0.5, 0.6) is 23.0 Å². The summed E-state index contributed by atoms with van der Waals surface area (Å²) in [7, 11) is 3.15. The second kappa shape index (κ2) is 17.0. The van der Waals surface area contributed by atoms with E-state index in [0.717, 1.165) is 55.8 Å². The van der Waals surface area contributed by atoms with Crippen LogP contribution in [-0.4, -0.2) is 45.9 Å². The number of amides is 1. The quantitative estimate of drug-likeness (QED) is 0.0663. The van der Waals surface area contributed by atoms with Gasteiger partial charge in [0.15, 0.2) is 17.1 Å². The molecule has 2 atom stereocenters. The largest absolute Gasteiger partial charge is 0.493 e. The van der Waals surface area contributed by atoms with Crippen molar-refractivity contribution >= 4 is 28.7 Å². The van der Waals surface area contributed by atoms with Crippen molar-refractivity contribution in [2.45, 2.75) is 43.9 Å². The molecule has 0 radical (unpaired) electrons. The Labute approximate surface area is 363 Å². The van der Waals surface area contributed by atoms with Gasteiger partial charge in [0, 0.05) is 33.1 Å². The van der Waals surface area contributed by atoms with Crippen molar-refractivity contribution in [1.29, 1.82) is 0 Å². The molecule has 11 heteroatoms. The Morgan fingerprint density at radius 3 is 2.16 bits per heavy atom. The number of benzene rings is 6. The first-order valence-corrected chi connectivity index (χ1v) is 20.6. The molecule has 0 bridgehead atoms. The number of ether oxygens (including phenoxy) is 5. The zero-order chi connectivity index (χ0) is 44.5. The number of halogens is 3. The summed E-state index contributed by atoms with van der Waals surface area (Å²) in [6.07, 6.45) is -0.327. The van der Waals surface area contributed by atoms with Crippen molar-refractivity contribution < 1.29 is 46.4 Å². The van der Waals surface area contributed by atoms with Crippen LogP contribution in [0, 0.1) is 0 Å². The highest BCUT2D eigenvalue weighted by Crippen LogP contribution is 2.60. The maximum Gasteiger partial charge on any atom is 0.416 e. The van der Waals surface area contributed by atoms with E-state index in [-0.39, 0.29) is 49.6 Å². The van der Waals surface area contributed by atoms with Crippen molar-refractivity contribution in [2.24, 2.45) is 0 Å². The number of alkyl halides is 3. The number of fused-ring (bicyclic) bond motifs is 8. The van der Waals surface area contributed by atoms with Gasteiger partial charge in [-0.25, -0.2) is 4.79 Å². The van der Waals surface area contributed by atoms with E-state index in [1.807, 2.05) is 110 Å². The van der Waals surface area contributed by atoms with E-state index < -0.39 is 28.7 Å². The Morgan fingerprint density at radius 1 is 0.810 bits per heavy atom. The zero-order valence-electron chi connectivity index (χ0n) is 35.4. The topological polar surface area (TPSA) is 92.3 Å². The molecular formula is C52H46F3NO7. The van der Waals surface area contributed by atoms with Crippen LogP contribution in [-0.2, 0) is 37.9 Å². The van der Waals surface area contributed by atoms with Gasteiger partial charge in [0.1, 0.15) is 18.1 Å². The van der Waals surface area contributed by atoms with Gasteiger partial charge in [0.2, 0.25) is 5.91 Å². The van der Waals surface area contributed by atoms with Gasteiger partial charge in [0.25, 0.3) is 0 Å². The molecule has 8 rings (SSSR count). The minimum Gasteiger partial charge on any atom is -0.493 e. The number of carbonyl (C=O) groups excluding carboxylic acids is 2. The van der Waals surface area contributed by atoms with Crippen LogP contribution in [0.3, 0.4) is 0 Å². The first-order valence-electron chi connectivity index (χ1n) is 20.6. The van der Waals surface area contributed by atoms with Crippen LogP contribution in [0.15, 0.2) is 133 Å². The van der Waals surface area contributed by atoms with Gasteiger partial charge >= 0.3 is 12.1 Å². The number of hydrogen-bond acceptors (Lipinski definition) is 7. The summed E-state index contributed by atoms with van der Waals surface area (Å²) in [4.78, 5) is 24.0. The second-order valence-electron chi connectivity index (χ2n) is 15.9. The van der Waals surface area contributed by atoms with Crippen molar-refractivity contribution in [3.63, 3.8) is 0 Å². The maximum atomic E-state index is 14.6. The van der Waals surface area contributed by atoms with E-state index in [1.165, 1.54) is 6.07 Å². The third kappa shape index (κ3) is 7.88. The predicted octanol–water partition coefficient (Wildman–Crippen LogP) is 10.8. The average molecular weight is 854 g/mol. The van der Waals surface area contributed by atoms with Gasteiger partial charge in [-0.05, 0) is 83.0 Å². The Bertz CT molecular complexity index is 2760. The molecule has 0 aromatic heterocycles. The van der Waals surface area contributed by atoms with E-state index in [9.17, 15) is 22.8 Å². The Balaban J connectivity index is 1.21. The van der Waals surface area contributed by atoms with Crippen LogP contribution in [0.4, 0.5) is 13.2 Å². The first kappa shape index (κ1) is 42.7. The van der Waals surface area contributed by atoms with Gasteiger partial charge in [-0.3, -0.25) is 4.79 Å². The highest BCUT2D eigenvalue weighted by Gasteiger charge is 2.47. The number of rotatable bonds is 14. The van der Waals surface area contributed by atoms with E-state index in [2.05, 4.69) is 11.9 Å². The number of hydrogen-bond donors (Lipinski definition) is 1. The Hall–Kier alpha value is -7.01. The number of methoxy groups -OCH3 is 2. The minimum atomic E-state index is -4.54. The number of esters is 1. The summed E-state index contributed by atoms with van der Waals surface area (Å²) >= 11 is 0. The lowest BCUT2D eigenvalue weighted by molar-refractivity contribution is -0.139. The molecule has 1 aliphatic carbocycles. The molecule has 0 saturated heterocycles. The lowest BCUT2D eigenvalue weighted by Gasteiger charge is -2.39. The van der Waals surface area contributed by atoms with Crippen LogP contribution >= 0.6 is 0 Å². The highest BCUT2D eigenvalue weighted by molar-refractivity contribution is 6.09. The molecule has 0 saturated carbocycles. The van der Waals surface area contributed by atoms with Crippen LogP contribution in [0.2, 0.25) is 0 Å². The molecule has 63 heavy (non-hydrogen) atoms. The fraction of sp³-hybridized carbons (Fsp3) is 0.231. The van der Waals surface area contributed by atoms with Gasteiger partial charge in [-0.15, -0.1) is 0 Å². The summed E-state index contributed by atoms with van der Waals surface area (Å²) in [5, 5.41) is 4.26. The summed E-state index contributed by atoms with van der Waals surface area (Å²) in [5.41, 5.74) is 3.68. The van der Waals surface area contributed by atoms with E-state index in [1.54, 1.807) is 33.3 Å². The van der Waals surface area contributed by atoms with Crippen molar-refractivity contribution in [3.8, 4) is 34.1 Å². The maximum absolute atomic E-state index is 14.6. The molecule has 1 N–H and O–H groups in total. The Morgan fingerprint density at radius 2 is 1.46 bits per heavy atom. The molecule has 2 aliphatic rings. The van der Waals surface area contributed by atoms with Crippen LogP contribution in [0.1, 0.15) is 59.2 Å². The molecule has 6 aromatic rings. The van der Waals surface area contributed by atoms with E-state index >= 15 is 0 Å². The van der Waals surface area contributed by atoms with Gasteiger partial charge < -0.3 is 29.0 Å². The lowest BCUT2D eigenvalue weighted by Crippen LogP contribution is -2.35. The van der Waals surface area contributed by atoms with Gasteiger partial charge in [0.05, 0.1) is 39.4 Å². The molecular weight excluding hydrogens is 808 g/mol. The van der Waals surface area contributed by atoms with Gasteiger partial charge in [-0.1, -0.05) is 105 Å². The zero-order valence-corrected chi connectivity index (χ0v) is 35.4. The lowest BCUT2D eigenvalue weighted by atomic mass is 9.71. The molecule has 8 nitrogen and oxygen atoms in total. The normalized spacial score (nSPS) is 17.2. The molecule has 2 unspecified atom stereocenters. The second-order valence-corrected chi connectivity index (χ2v) is 15.9. The molecule has 1 aliphatic heterocycles. The van der Waals surface area contributed by atoms with Crippen LogP contribution in [0.25, 0.3) is 28.0 Å².